The number of carbonyl (C=O) groups excluding carboxylic acids is 2. The molecule has 0 aliphatic heterocycles. The normalized spacial score (nSPS) is 10.1. The van der Waals surface area contributed by atoms with E-state index in [-0.39, 0.29) is 5.91 Å². The van der Waals surface area contributed by atoms with Crippen molar-refractivity contribution in [1.82, 2.24) is 0 Å². The molecule has 1 aromatic heterocycles. The Balaban J connectivity index is 1.98. The first kappa shape index (κ1) is 14.1. The van der Waals surface area contributed by atoms with Crippen molar-refractivity contribution in [3.8, 4) is 0 Å². The fraction of sp³-hybridized carbons (Fsp3) is 0.143. The molecular formula is C14H15N3O2S. The molecule has 0 aliphatic rings. The third-order valence-electron chi connectivity index (χ3n) is 2.54. The number of thiophene rings is 1. The van der Waals surface area contributed by atoms with Gasteiger partial charge in [0.1, 0.15) is 0 Å². The Hall–Kier alpha value is -2.34. The van der Waals surface area contributed by atoms with Crippen LogP contribution in [-0.2, 0) is 11.2 Å². The van der Waals surface area contributed by atoms with E-state index in [1.807, 2.05) is 19.1 Å². The van der Waals surface area contributed by atoms with Gasteiger partial charge in [-0.3, -0.25) is 4.79 Å². The number of hydrogen-bond acceptors (Lipinski definition) is 3. The van der Waals surface area contributed by atoms with Crippen molar-refractivity contribution >= 4 is 34.6 Å². The molecular weight excluding hydrogens is 274 g/mol. The third kappa shape index (κ3) is 4.10. The summed E-state index contributed by atoms with van der Waals surface area (Å²) in [4.78, 5) is 24.9. The van der Waals surface area contributed by atoms with Gasteiger partial charge in [-0.05, 0) is 37.3 Å². The van der Waals surface area contributed by atoms with Crippen LogP contribution in [0.4, 0.5) is 16.2 Å². The van der Waals surface area contributed by atoms with Crippen LogP contribution in [0.25, 0.3) is 0 Å². The van der Waals surface area contributed by atoms with Crippen molar-refractivity contribution in [1.29, 1.82) is 0 Å². The lowest BCUT2D eigenvalue weighted by atomic mass is 10.2. The van der Waals surface area contributed by atoms with Crippen molar-refractivity contribution in [3.63, 3.8) is 0 Å². The topological polar surface area (TPSA) is 84.2 Å². The van der Waals surface area contributed by atoms with Gasteiger partial charge >= 0.3 is 6.03 Å². The summed E-state index contributed by atoms with van der Waals surface area (Å²) in [6.45, 7) is 2.01. The van der Waals surface area contributed by atoms with Gasteiger partial charge in [0.05, 0.1) is 6.42 Å². The number of nitrogens with one attached hydrogen (secondary N) is 2. The molecule has 0 radical (unpaired) electrons. The zero-order chi connectivity index (χ0) is 14.5. The van der Waals surface area contributed by atoms with Gasteiger partial charge in [-0.15, -0.1) is 11.3 Å². The van der Waals surface area contributed by atoms with Crippen molar-refractivity contribution in [2.24, 2.45) is 5.73 Å². The lowest BCUT2D eigenvalue weighted by molar-refractivity contribution is -0.115. The zero-order valence-corrected chi connectivity index (χ0v) is 11.8. The summed E-state index contributed by atoms with van der Waals surface area (Å²) in [5.74, 6) is -0.0944. The first-order valence-corrected chi connectivity index (χ1v) is 6.86. The highest BCUT2D eigenvalue weighted by Gasteiger charge is 2.06. The quantitative estimate of drug-likeness (QED) is 0.808. The molecule has 0 aliphatic carbocycles. The standard InChI is InChI=1S/C14H15N3O2S/c1-9-5-6-12(20-9)8-13(18)16-10-3-2-4-11(7-10)17-14(15)19/h2-7H,8H2,1H3,(H,16,18)(H3,15,17,19). The molecule has 2 rings (SSSR count). The Morgan fingerprint density at radius 2 is 1.85 bits per heavy atom. The molecule has 0 saturated heterocycles. The molecule has 0 unspecified atom stereocenters. The SMILES string of the molecule is Cc1ccc(CC(=O)Nc2cccc(NC(N)=O)c2)s1. The number of rotatable bonds is 4. The van der Waals surface area contributed by atoms with E-state index < -0.39 is 6.03 Å². The maximum Gasteiger partial charge on any atom is 0.316 e. The van der Waals surface area contributed by atoms with Gasteiger partial charge in [0.15, 0.2) is 0 Å². The third-order valence-corrected chi connectivity index (χ3v) is 3.55. The lowest BCUT2D eigenvalue weighted by Gasteiger charge is -2.07. The van der Waals surface area contributed by atoms with Crippen LogP contribution >= 0.6 is 11.3 Å². The Labute approximate surface area is 120 Å². The van der Waals surface area contributed by atoms with Crippen molar-refractivity contribution in [2.75, 3.05) is 10.6 Å². The molecule has 1 heterocycles. The van der Waals surface area contributed by atoms with E-state index in [1.165, 1.54) is 4.88 Å². The molecule has 0 spiro atoms. The molecule has 0 atom stereocenters. The lowest BCUT2D eigenvalue weighted by Crippen LogP contribution is -2.19. The summed E-state index contributed by atoms with van der Waals surface area (Å²) in [5, 5.41) is 5.25. The number of urea groups is 1. The fourth-order valence-electron chi connectivity index (χ4n) is 1.76. The number of benzene rings is 1. The fourth-order valence-corrected chi connectivity index (χ4v) is 2.65. The van der Waals surface area contributed by atoms with Crippen LogP contribution in [0.1, 0.15) is 9.75 Å². The van der Waals surface area contributed by atoms with Gasteiger partial charge in [0, 0.05) is 21.1 Å². The maximum absolute atomic E-state index is 11.9. The molecule has 1 aromatic carbocycles. The van der Waals surface area contributed by atoms with Gasteiger partial charge in [-0.1, -0.05) is 6.07 Å². The minimum atomic E-state index is -0.637. The highest BCUT2D eigenvalue weighted by Crippen LogP contribution is 2.18. The first-order valence-electron chi connectivity index (χ1n) is 6.04. The Morgan fingerprint density at radius 1 is 1.15 bits per heavy atom. The number of amides is 3. The van der Waals surface area contributed by atoms with Crippen LogP contribution in [0.3, 0.4) is 0 Å². The molecule has 0 saturated carbocycles. The predicted molar refractivity (Wildman–Crippen MR) is 81.0 cm³/mol. The van der Waals surface area contributed by atoms with Crippen LogP contribution in [-0.4, -0.2) is 11.9 Å². The molecule has 2 aromatic rings. The Kier molecular flexibility index (Phi) is 4.37. The minimum absolute atomic E-state index is 0.0944. The number of primary amides is 1. The van der Waals surface area contributed by atoms with E-state index in [0.717, 1.165) is 4.88 Å². The molecule has 4 N–H and O–H groups in total. The maximum atomic E-state index is 11.9. The smallest absolute Gasteiger partial charge is 0.316 e. The average Bonchev–Trinajstić information content (AvgIpc) is 2.74. The van der Waals surface area contributed by atoms with E-state index in [9.17, 15) is 9.59 Å². The van der Waals surface area contributed by atoms with Crippen molar-refractivity contribution in [2.45, 2.75) is 13.3 Å². The van der Waals surface area contributed by atoms with Gasteiger partial charge in [0.2, 0.25) is 5.91 Å². The van der Waals surface area contributed by atoms with E-state index in [2.05, 4.69) is 10.6 Å². The van der Waals surface area contributed by atoms with E-state index in [0.29, 0.717) is 17.8 Å². The number of nitrogens with two attached hydrogens (primary N) is 1. The van der Waals surface area contributed by atoms with Crippen molar-refractivity contribution in [3.05, 3.63) is 46.2 Å². The van der Waals surface area contributed by atoms with Crippen LogP contribution in [0.15, 0.2) is 36.4 Å². The van der Waals surface area contributed by atoms with Crippen LogP contribution in [0.5, 0.6) is 0 Å². The molecule has 0 fully saturated rings. The second-order valence-electron chi connectivity index (χ2n) is 4.31. The summed E-state index contributed by atoms with van der Waals surface area (Å²) >= 11 is 1.60. The minimum Gasteiger partial charge on any atom is -0.351 e. The largest absolute Gasteiger partial charge is 0.351 e. The monoisotopic (exact) mass is 289 g/mol. The molecule has 20 heavy (non-hydrogen) atoms. The second kappa shape index (κ2) is 6.21. The number of anilines is 2. The molecule has 5 nitrogen and oxygen atoms in total. The van der Waals surface area contributed by atoms with Crippen LogP contribution in [0, 0.1) is 6.92 Å². The van der Waals surface area contributed by atoms with Crippen LogP contribution in [0.2, 0.25) is 0 Å². The molecule has 104 valence electrons. The van der Waals surface area contributed by atoms with Crippen molar-refractivity contribution < 1.29 is 9.59 Å². The molecule has 3 amide bonds. The average molecular weight is 289 g/mol. The summed E-state index contributed by atoms with van der Waals surface area (Å²) in [6, 6.07) is 10.1. The summed E-state index contributed by atoms with van der Waals surface area (Å²) in [5.41, 5.74) is 6.21. The van der Waals surface area contributed by atoms with Crippen LogP contribution < -0.4 is 16.4 Å². The summed E-state index contributed by atoms with van der Waals surface area (Å²) in [6.07, 6.45) is 0.339. The number of hydrogen-bond donors (Lipinski definition) is 3. The van der Waals surface area contributed by atoms with Gasteiger partial charge < -0.3 is 16.4 Å². The number of carbonyl (C=O) groups is 2. The summed E-state index contributed by atoms with van der Waals surface area (Å²) in [7, 11) is 0. The Morgan fingerprint density at radius 3 is 2.45 bits per heavy atom. The highest BCUT2D eigenvalue weighted by atomic mass is 32.1. The van der Waals surface area contributed by atoms with E-state index >= 15 is 0 Å². The van der Waals surface area contributed by atoms with Gasteiger partial charge in [0.25, 0.3) is 0 Å². The highest BCUT2D eigenvalue weighted by molar-refractivity contribution is 7.12. The zero-order valence-electron chi connectivity index (χ0n) is 11.0. The van der Waals surface area contributed by atoms with E-state index in [1.54, 1.807) is 35.6 Å². The molecule has 6 heteroatoms. The Bertz CT molecular complexity index is 637. The number of aryl methyl sites for hydroxylation is 1. The first-order chi connectivity index (χ1) is 9.52. The second-order valence-corrected chi connectivity index (χ2v) is 5.68. The van der Waals surface area contributed by atoms with Gasteiger partial charge in [-0.2, -0.15) is 0 Å². The molecule has 0 bridgehead atoms. The van der Waals surface area contributed by atoms with Gasteiger partial charge in [-0.25, -0.2) is 4.79 Å². The predicted octanol–water partition coefficient (Wildman–Crippen LogP) is 2.73. The van der Waals surface area contributed by atoms with E-state index in [4.69, 9.17) is 5.73 Å². The summed E-state index contributed by atoms with van der Waals surface area (Å²) < 4.78 is 0.